The third kappa shape index (κ3) is 3.82. The number of carboxylic acid groups (broad SMARTS) is 1. The summed E-state index contributed by atoms with van der Waals surface area (Å²) in [5.41, 5.74) is -0.459. The van der Waals surface area contributed by atoms with E-state index in [0.29, 0.717) is 6.42 Å². The summed E-state index contributed by atoms with van der Waals surface area (Å²) in [6, 6.07) is 9.11. The molecule has 4 unspecified atom stereocenters. The zero-order valence-electron chi connectivity index (χ0n) is 18.3. The van der Waals surface area contributed by atoms with Crippen molar-refractivity contribution in [2.75, 3.05) is 0 Å². The molecule has 1 aromatic rings. The van der Waals surface area contributed by atoms with Crippen molar-refractivity contribution in [2.24, 2.45) is 17.8 Å². The van der Waals surface area contributed by atoms with Gasteiger partial charge >= 0.3 is 5.97 Å². The zero-order valence-corrected chi connectivity index (χ0v) is 18.3. The Hall–Kier alpha value is -2.47. The van der Waals surface area contributed by atoms with E-state index >= 15 is 0 Å². The second kappa shape index (κ2) is 8.58. The molecule has 0 aromatic heterocycles. The standard InChI is InChI=1S/C25H32N2O4/c1-16(2)15-25(24(30)31)21-20(19(26-25)14-13-17-9-5-3-6-10-17)22(28)27(23(21)29)18-11-7-4-8-12-18/h3,5-6,9-10,13-14,16,18-21,26H,4,7-8,11-12,15H2,1-2H3,(H,30,31)/b14-13+. The first-order valence-corrected chi connectivity index (χ1v) is 11.5. The monoisotopic (exact) mass is 424 g/mol. The van der Waals surface area contributed by atoms with Crippen molar-refractivity contribution in [1.29, 1.82) is 0 Å². The van der Waals surface area contributed by atoms with Crippen molar-refractivity contribution in [1.82, 2.24) is 10.2 Å². The second-order valence-electron chi connectivity index (χ2n) is 9.66. The largest absolute Gasteiger partial charge is 0.480 e. The Morgan fingerprint density at radius 1 is 1.16 bits per heavy atom. The fourth-order valence-corrected chi connectivity index (χ4v) is 5.83. The lowest BCUT2D eigenvalue weighted by Gasteiger charge is -2.35. The second-order valence-corrected chi connectivity index (χ2v) is 9.66. The molecule has 4 atom stereocenters. The van der Waals surface area contributed by atoms with Crippen LogP contribution < -0.4 is 5.32 Å². The van der Waals surface area contributed by atoms with Crippen molar-refractivity contribution in [3.8, 4) is 0 Å². The van der Waals surface area contributed by atoms with E-state index in [1.807, 2.05) is 56.3 Å². The normalized spacial score (nSPS) is 31.7. The number of carboxylic acids is 1. The summed E-state index contributed by atoms with van der Waals surface area (Å²) in [5, 5.41) is 13.5. The highest BCUT2D eigenvalue weighted by Gasteiger charge is 2.68. The minimum Gasteiger partial charge on any atom is -0.480 e. The van der Waals surface area contributed by atoms with E-state index in [9.17, 15) is 19.5 Å². The highest BCUT2D eigenvalue weighted by atomic mass is 16.4. The molecule has 2 heterocycles. The number of carbonyl (C=O) groups is 3. The third-order valence-electron chi connectivity index (χ3n) is 7.07. The smallest absolute Gasteiger partial charge is 0.324 e. The Morgan fingerprint density at radius 3 is 2.45 bits per heavy atom. The topological polar surface area (TPSA) is 86.7 Å². The van der Waals surface area contributed by atoms with Gasteiger partial charge in [0.05, 0.1) is 11.8 Å². The molecule has 0 bridgehead atoms. The van der Waals surface area contributed by atoms with Crippen LogP contribution in [0, 0.1) is 17.8 Å². The predicted octanol–water partition coefficient (Wildman–Crippen LogP) is 3.48. The highest BCUT2D eigenvalue weighted by molar-refractivity contribution is 6.10. The summed E-state index contributed by atoms with van der Waals surface area (Å²) in [6.45, 7) is 3.91. The van der Waals surface area contributed by atoms with Crippen molar-refractivity contribution in [3.05, 3.63) is 42.0 Å². The van der Waals surface area contributed by atoms with Crippen molar-refractivity contribution in [2.45, 2.75) is 70.0 Å². The minimum atomic E-state index is -1.43. The number of fused-ring (bicyclic) bond motifs is 1. The lowest BCUT2D eigenvalue weighted by atomic mass is 9.75. The van der Waals surface area contributed by atoms with Crippen LogP contribution in [0.4, 0.5) is 0 Å². The van der Waals surface area contributed by atoms with E-state index in [2.05, 4.69) is 5.32 Å². The maximum Gasteiger partial charge on any atom is 0.324 e. The molecule has 3 fully saturated rings. The first kappa shape index (κ1) is 21.8. The molecular weight excluding hydrogens is 392 g/mol. The Bertz CT molecular complexity index is 875. The average molecular weight is 425 g/mol. The van der Waals surface area contributed by atoms with Crippen LogP contribution in [-0.2, 0) is 14.4 Å². The molecule has 2 aliphatic heterocycles. The SMILES string of the molecule is CC(C)CC1(C(=O)O)NC(/C=C/c2ccccc2)C2C(=O)N(C3CCCCC3)C(=O)C21. The number of aliphatic carboxylic acids is 1. The van der Waals surface area contributed by atoms with E-state index in [1.165, 1.54) is 4.90 Å². The molecule has 2 N–H and O–H groups in total. The van der Waals surface area contributed by atoms with Gasteiger partial charge in [-0.15, -0.1) is 0 Å². The summed E-state index contributed by atoms with van der Waals surface area (Å²) >= 11 is 0. The lowest BCUT2D eigenvalue weighted by Crippen LogP contribution is -2.58. The first-order chi connectivity index (χ1) is 14.8. The van der Waals surface area contributed by atoms with Crippen molar-refractivity contribution in [3.63, 3.8) is 0 Å². The molecule has 2 amide bonds. The Balaban J connectivity index is 1.73. The maximum atomic E-state index is 13.6. The Morgan fingerprint density at radius 2 is 1.84 bits per heavy atom. The Labute approximate surface area is 183 Å². The van der Waals surface area contributed by atoms with Crippen LogP contribution in [0.5, 0.6) is 0 Å². The van der Waals surface area contributed by atoms with Gasteiger partial charge < -0.3 is 5.11 Å². The number of imide groups is 1. The fraction of sp³-hybridized carbons (Fsp3) is 0.560. The quantitative estimate of drug-likeness (QED) is 0.683. The van der Waals surface area contributed by atoms with Gasteiger partial charge in [-0.25, -0.2) is 0 Å². The number of hydrogen-bond donors (Lipinski definition) is 2. The summed E-state index contributed by atoms with van der Waals surface area (Å²) < 4.78 is 0. The predicted molar refractivity (Wildman–Crippen MR) is 118 cm³/mol. The van der Waals surface area contributed by atoms with Crippen LogP contribution in [0.1, 0.15) is 57.9 Å². The first-order valence-electron chi connectivity index (χ1n) is 11.5. The van der Waals surface area contributed by atoms with Crippen molar-refractivity contribution >= 4 is 23.9 Å². The molecule has 2 saturated heterocycles. The van der Waals surface area contributed by atoms with Crippen LogP contribution in [0.3, 0.4) is 0 Å². The van der Waals surface area contributed by atoms with Crippen LogP contribution in [0.25, 0.3) is 6.08 Å². The molecule has 0 radical (unpaired) electrons. The minimum absolute atomic E-state index is 0.0627. The molecule has 0 spiro atoms. The molecule has 1 aromatic carbocycles. The van der Waals surface area contributed by atoms with Gasteiger partial charge in [0.2, 0.25) is 11.8 Å². The highest BCUT2D eigenvalue weighted by Crippen LogP contribution is 2.47. The third-order valence-corrected chi connectivity index (χ3v) is 7.07. The zero-order chi connectivity index (χ0) is 22.2. The van der Waals surface area contributed by atoms with Crippen LogP contribution in [-0.4, -0.2) is 45.4 Å². The van der Waals surface area contributed by atoms with Gasteiger partial charge in [0.25, 0.3) is 0 Å². The molecule has 166 valence electrons. The van der Waals surface area contributed by atoms with Gasteiger partial charge in [0.15, 0.2) is 0 Å². The summed E-state index contributed by atoms with van der Waals surface area (Å²) in [6.07, 6.45) is 8.84. The van der Waals surface area contributed by atoms with Gasteiger partial charge in [0.1, 0.15) is 5.54 Å². The summed E-state index contributed by atoms with van der Waals surface area (Å²) in [7, 11) is 0. The summed E-state index contributed by atoms with van der Waals surface area (Å²) in [4.78, 5) is 41.2. The molecule has 4 rings (SSSR count). The van der Waals surface area contributed by atoms with E-state index in [-0.39, 0.29) is 23.8 Å². The van der Waals surface area contributed by atoms with Gasteiger partial charge in [-0.05, 0) is 30.7 Å². The fourth-order valence-electron chi connectivity index (χ4n) is 5.83. The lowest BCUT2D eigenvalue weighted by molar-refractivity contribution is -0.153. The number of likely N-dealkylation sites (tertiary alicyclic amines) is 1. The number of amides is 2. The number of nitrogens with one attached hydrogen (secondary N) is 1. The molecular formula is C25H32N2O4. The molecule has 1 aliphatic carbocycles. The maximum absolute atomic E-state index is 13.6. The molecule has 1 saturated carbocycles. The average Bonchev–Trinajstić information content (AvgIpc) is 3.21. The van der Waals surface area contributed by atoms with Gasteiger partial charge in [-0.3, -0.25) is 24.6 Å². The number of hydrogen-bond acceptors (Lipinski definition) is 4. The number of carbonyl (C=O) groups excluding carboxylic acids is 2. The number of rotatable bonds is 6. The van der Waals surface area contributed by atoms with Crippen molar-refractivity contribution < 1.29 is 19.5 Å². The molecule has 6 nitrogen and oxygen atoms in total. The van der Waals surface area contributed by atoms with Crippen LogP contribution in [0.15, 0.2) is 36.4 Å². The van der Waals surface area contributed by atoms with Gasteiger partial charge in [0, 0.05) is 12.1 Å². The van der Waals surface area contributed by atoms with Crippen LogP contribution >= 0.6 is 0 Å². The van der Waals surface area contributed by atoms with Crippen LogP contribution in [0.2, 0.25) is 0 Å². The molecule has 6 heteroatoms. The molecule has 3 aliphatic rings. The summed E-state index contributed by atoms with van der Waals surface area (Å²) in [5.74, 6) is -3.03. The van der Waals surface area contributed by atoms with E-state index < -0.39 is 29.4 Å². The van der Waals surface area contributed by atoms with Gasteiger partial charge in [-0.1, -0.05) is 75.6 Å². The molecule has 31 heavy (non-hydrogen) atoms. The Kier molecular flexibility index (Phi) is 6.02. The number of benzene rings is 1. The number of nitrogens with zero attached hydrogens (tertiary/aromatic N) is 1. The van der Waals surface area contributed by atoms with E-state index in [1.54, 1.807) is 0 Å². The van der Waals surface area contributed by atoms with E-state index in [4.69, 9.17) is 0 Å². The van der Waals surface area contributed by atoms with Gasteiger partial charge in [-0.2, -0.15) is 0 Å². The van der Waals surface area contributed by atoms with E-state index in [0.717, 1.165) is 37.7 Å².